The summed E-state index contributed by atoms with van der Waals surface area (Å²) in [5.41, 5.74) is 0.758. The number of carbonyl (C=O) groups excluding carboxylic acids is 1. The van der Waals surface area contributed by atoms with Gasteiger partial charge in [-0.15, -0.1) is 0 Å². The van der Waals surface area contributed by atoms with Gasteiger partial charge in [-0.3, -0.25) is 4.79 Å². The monoisotopic (exact) mass is 467 g/mol. The lowest BCUT2D eigenvalue weighted by Crippen LogP contribution is -2.68. The van der Waals surface area contributed by atoms with Gasteiger partial charge in [-0.2, -0.15) is 4.89 Å². The fourth-order valence-electron chi connectivity index (χ4n) is 5.83. The second kappa shape index (κ2) is 8.08. The van der Waals surface area contributed by atoms with Gasteiger partial charge >= 0.3 is 0 Å². The van der Waals surface area contributed by atoms with E-state index in [1.54, 1.807) is 0 Å². The van der Waals surface area contributed by atoms with Crippen LogP contribution in [0.25, 0.3) is 5.76 Å². The Bertz CT molecular complexity index is 1220. The summed E-state index contributed by atoms with van der Waals surface area (Å²) in [6.07, 6.45) is 2.89. The van der Waals surface area contributed by atoms with Crippen molar-refractivity contribution in [2.45, 2.75) is 44.1 Å². The summed E-state index contributed by atoms with van der Waals surface area (Å²) in [5, 5.41) is 0. The highest BCUT2D eigenvalue weighted by atomic mass is 17.2. The van der Waals surface area contributed by atoms with Gasteiger partial charge in [0.25, 0.3) is 5.79 Å². The Morgan fingerprint density at radius 2 is 1.37 bits per heavy atom. The van der Waals surface area contributed by atoms with Gasteiger partial charge in [0.2, 0.25) is 5.91 Å². The molecule has 5 nitrogen and oxygen atoms in total. The van der Waals surface area contributed by atoms with Crippen molar-refractivity contribution in [3.63, 3.8) is 0 Å². The average molecular weight is 468 g/mol. The topological polar surface area (TPSA) is 48.0 Å². The molecule has 1 amide bonds. The number of carbonyl (C=O) groups is 1. The molecule has 2 atom stereocenters. The third-order valence-corrected chi connectivity index (χ3v) is 7.66. The lowest BCUT2D eigenvalue weighted by molar-refractivity contribution is -0.501. The van der Waals surface area contributed by atoms with Crippen LogP contribution in [0, 0.1) is 5.41 Å². The highest BCUT2D eigenvalue weighted by molar-refractivity contribution is 5.91. The third kappa shape index (κ3) is 3.19. The summed E-state index contributed by atoms with van der Waals surface area (Å²) >= 11 is 0. The van der Waals surface area contributed by atoms with Gasteiger partial charge in [0.15, 0.2) is 5.60 Å². The van der Waals surface area contributed by atoms with Crippen molar-refractivity contribution in [1.82, 2.24) is 4.90 Å². The van der Waals surface area contributed by atoms with E-state index < -0.39 is 16.8 Å². The first-order chi connectivity index (χ1) is 17.0. The molecule has 0 N–H and O–H groups in total. The number of nitrogens with zero attached hydrogens (tertiary/aromatic N) is 1. The molecule has 0 radical (unpaired) electrons. The number of hydrogen-bond donors (Lipinski definition) is 0. The number of amides is 1. The van der Waals surface area contributed by atoms with E-state index in [1.807, 2.05) is 102 Å². The molecule has 3 aromatic rings. The van der Waals surface area contributed by atoms with Crippen LogP contribution in [0.2, 0.25) is 0 Å². The van der Waals surface area contributed by atoms with Crippen molar-refractivity contribution in [2.24, 2.45) is 5.41 Å². The van der Waals surface area contributed by atoms with Gasteiger partial charge in [-0.25, -0.2) is 4.89 Å². The minimum atomic E-state index is -1.21. The molecule has 3 aliphatic heterocycles. The van der Waals surface area contributed by atoms with Crippen molar-refractivity contribution < 1.29 is 19.3 Å². The molecular weight excluding hydrogens is 438 g/mol. The largest absolute Gasteiger partial charge is 0.458 e. The highest BCUT2D eigenvalue weighted by Crippen LogP contribution is 2.63. The second-order valence-electron chi connectivity index (χ2n) is 9.95. The average Bonchev–Trinajstić information content (AvgIpc) is 3.27. The van der Waals surface area contributed by atoms with Crippen LogP contribution in [-0.2, 0) is 24.9 Å². The first-order valence-corrected chi connectivity index (χ1v) is 12.3. The molecule has 35 heavy (non-hydrogen) atoms. The summed E-state index contributed by atoms with van der Waals surface area (Å²) in [7, 11) is 0. The van der Waals surface area contributed by atoms with Crippen molar-refractivity contribution >= 4 is 11.7 Å². The molecule has 0 aromatic heterocycles. The minimum absolute atomic E-state index is 0.0178. The fourth-order valence-corrected chi connectivity index (χ4v) is 5.83. The standard InChI is InChI=1S/C30H29NO4/c1-22(2)31-19-18-30-28(27(31)32,20-26(33-30)23-12-6-3-7-13-23)21-29(34-35-30,24-14-8-4-9-15-24)25-16-10-5-11-17-25/h3-17,20,22H,18-19,21H2,1-2H3. The van der Waals surface area contributed by atoms with Gasteiger partial charge in [-0.1, -0.05) is 91.0 Å². The lowest BCUT2D eigenvalue weighted by atomic mass is 9.64. The van der Waals surface area contributed by atoms with Gasteiger partial charge in [0.1, 0.15) is 11.2 Å². The second-order valence-corrected chi connectivity index (χ2v) is 9.95. The molecule has 2 saturated heterocycles. The predicted molar refractivity (Wildman–Crippen MR) is 133 cm³/mol. The first kappa shape index (κ1) is 22.1. The van der Waals surface area contributed by atoms with Gasteiger partial charge in [-0.05, 0) is 31.1 Å². The normalized spacial score (nSPS) is 27.1. The Hall–Kier alpha value is -3.41. The summed E-state index contributed by atoms with van der Waals surface area (Å²) in [6, 6.07) is 30.0. The molecule has 3 aromatic carbocycles. The van der Waals surface area contributed by atoms with E-state index in [0.717, 1.165) is 16.7 Å². The van der Waals surface area contributed by atoms with Crippen LogP contribution < -0.4 is 0 Å². The Labute approximate surface area is 205 Å². The molecule has 5 heteroatoms. The van der Waals surface area contributed by atoms with E-state index in [-0.39, 0.29) is 11.9 Å². The quantitative estimate of drug-likeness (QED) is 0.464. The Morgan fingerprint density at radius 3 is 1.94 bits per heavy atom. The highest BCUT2D eigenvalue weighted by Gasteiger charge is 2.72. The molecule has 3 heterocycles. The SMILES string of the molecule is CC(C)N1CCC23OOC(c4ccccc4)(c4ccccc4)CC2(C=C(c2ccccc2)O3)C1=O. The minimum Gasteiger partial charge on any atom is -0.458 e. The molecule has 6 rings (SSSR count). The van der Waals surface area contributed by atoms with E-state index in [4.69, 9.17) is 14.5 Å². The fraction of sp³-hybridized carbons (Fsp3) is 0.300. The summed E-state index contributed by atoms with van der Waals surface area (Å²) in [6.45, 7) is 4.66. The lowest BCUT2D eigenvalue weighted by Gasteiger charge is -2.56. The van der Waals surface area contributed by atoms with Crippen LogP contribution in [0.4, 0.5) is 0 Å². The zero-order valence-electron chi connectivity index (χ0n) is 20.0. The van der Waals surface area contributed by atoms with Crippen molar-refractivity contribution in [3.8, 4) is 0 Å². The van der Waals surface area contributed by atoms with Crippen LogP contribution in [0.15, 0.2) is 97.1 Å². The molecule has 2 unspecified atom stereocenters. The molecule has 178 valence electrons. The van der Waals surface area contributed by atoms with Crippen molar-refractivity contribution in [3.05, 3.63) is 114 Å². The molecule has 0 aliphatic carbocycles. The van der Waals surface area contributed by atoms with Crippen molar-refractivity contribution in [2.75, 3.05) is 6.54 Å². The Morgan fingerprint density at radius 1 is 0.800 bits per heavy atom. The Balaban J connectivity index is 1.57. The van der Waals surface area contributed by atoms with Crippen LogP contribution in [-0.4, -0.2) is 29.2 Å². The summed E-state index contributed by atoms with van der Waals surface area (Å²) in [5.74, 6) is -0.539. The van der Waals surface area contributed by atoms with Gasteiger partial charge in [0.05, 0.1) is 0 Å². The van der Waals surface area contributed by atoms with E-state index in [1.165, 1.54) is 0 Å². The van der Waals surface area contributed by atoms with Crippen LogP contribution in [0.1, 0.15) is 43.4 Å². The van der Waals surface area contributed by atoms with Gasteiger partial charge < -0.3 is 9.64 Å². The molecular formula is C30H29NO4. The van der Waals surface area contributed by atoms with Crippen LogP contribution in [0.5, 0.6) is 0 Å². The maximum atomic E-state index is 14.4. The van der Waals surface area contributed by atoms with Crippen LogP contribution >= 0.6 is 0 Å². The first-order valence-electron chi connectivity index (χ1n) is 12.3. The maximum Gasteiger partial charge on any atom is 0.260 e. The number of rotatable bonds is 4. The number of benzene rings is 3. The molecule has 0 saturated carbocycles. The molecule has 2 fully saturated rings. The van der Waals surface area contributed by atoms with E-state index in [2.05, 4.69) is 13.8 Å². The summed E-state index contributed by atoms with van der Waals surface area (Å²) in [4.78, 5) is 29.1. The maximum absolute atomic E-state index is 14.4. The number of piperidine rings is 1. The Kier molecular flexibility index (Phi) is 5.09. The number of ether oxygens (including phenoxy) is 1. The zero-order valence-corrected chi connectivity index (χ0v) is 20.0. The zero-order chi connectivity index (χ0) is 24.1. The van der Waals surface area contributed by atoms with E-state index in [0.29, 0.717) is 25.1 Å². The molecule has 0 bridgehead atoms. The van der Waals surface area contributed by atoms with E-state index in [9.17, 15) is 4.79 Å². The molecule has 3 aliphatic rings. The smallest absolute Gasteiger partial charge is 0.260 e. The third-order valence-electron chi connectivity index (χ3n) is 7.66. The molecule has 0 spiro atoms. The van der Waals surface area contributed by atoms with E-state index >= 15 is 0 Å². The van der Waals surface area contributed by atoms with Crippen LogP contribution in [0.3, 0.4) is 0 Å². The van der Waals surface area contributed by atoms with Gasteiger partial charge in [0, 0.05) is 31.0 Å². The number of hydrogen-bond acceptors (Lipinski definition) is 4. The summed E-state index contributed by atoms with van der Waals surface area (Å²) < 4.78 is 6.56. The van der Waals surface area contributed by atoms with Crippen molar-refractivity contribution in [1.29, 1.82) is 0 Å². The predicted octanol–water partition coefficient (Wildman–Crippen LogP) is 5.68. The number of likely N-dealkylation sites (tertiary alicyclic amines) is 1.